The molecule has 7 heteroatoms. The zero-order chi connectivity index (χ0) is 18.2. The van der Waals surface area contributed by atoms with Crippen molar-refractivity contribution < 1.29 is 4.42 Å². The molecule has 0 spiro atoms. The van der Waals surface area contributed by atoms with E-state index < -0.39 is 0 Å². The summed E-state index contributed by atoms with van der Waals surface area (Å²) in [5, 5.41) is 8.40. The maximum Gasteiger partial charge on any atom is 0.246 e. The van der Waals surface area contributed by atoms with Crippen molar-refractivity contribution in [1.82, 2.24) is 25.1 Å². The Balaban J connectivity index is 1.41. The Kier molecular flexibility index (Phi) is 3.85. The molecule has 1 atom stereocenters. The molecule has 0 amide bonds. The number of anilines is 1. The van der Waals surface area contributed by atoms with Gasteiger partial charge in [-0.1, -0.05) is 12.1 Å². The number of hydrogen-bond acceptors (Lipinski definition) is 6. The number of benzene rings is 1. The van der Waals surface area contributed by atoms with Crippen LogP contribution < -0.4 is 4.90 Å². The first-order chi connectivity index (χ1) is 13.3. The first kappa shape index (κ1) is 16.0. The van der Waals surface area contributed by atoms with Crippen molar-refractivity contribution >= 4 is 17.0 Å². The smallest absolute Gasteiger partial charge is 0.246 e. The number of aryl methyl sites for hydroxylation is 1. The molecule has 4 heterocycles. The third kappa shape index (κ3) is 3.05. The summed E-state index contributed by atoms with van der Waals surface area (Å²) in [7, 11) is 0. The van der Waals surface area contributed by atoms with E-state index in [1.807, 2.05) is 37.3 Å². The molecule has 1 fully saturated rings. The number of H-pyrrole nitrogens is 1. The third-order valence-electron chi connectivity index (χ3n) is 5.04. The van der Waals surface area contributed by atoms with Crippen LogP contribution in [0.1, 0.15) is 30.3 Å². The van der Waals surface area contributed by atoms with Gasteiger partial charge in [-0.3, -0.25) is 0 Å². The topological polar surface area (TPSA) is 83.7 Å². The Labute approximate surface area is 156 Å². The molecule has 5 rings (SSSR count). The van der Waals surface area contributed by atoms with E-state index in [0.717, 1.165) is 54.3 Å². The van der Waals surface area contributed by atoms with Crippen LogP contribution in [0.15, 0.2) is 47.0 Å². The first-order valence-electron chi connectivity index (χ1n) is 9.22. The number of nitrogens with one attached hydrogen (secondary N) is 1. The van der Waals surface area contributed by atoms with Crippen LogP contribution in [0.4, 0.5) is 5.95 Å². The molecule has 4 aromatic rings. The van der Waals surface area contributed by atoms with E-state index in [0.29, 0.717) is 17.6 Å². The SMILES string of the molecule is Cc1ccc(-c2cnnc(N3CCC[C@H](c4nc5ccccc5[nH]4)C3)n2)o1. The van der Waals surface area contributed by atoms with Gasteiger partial charge in [0, 0.05) is 19.0 Å². The van der Waals surface area contributed by atoms with E-state index in [1.165, 1.54) is 0 Å². The molecule has 0 aliphatic carbocycles. The average Bonchev–Trinajstić information content (AvgIpc) is 3.34. The van der Waals surface area contributed by atoms with Gasteiger partial charge in [0.15, 0.2) is 5.76 Å². The highest BCUT2D eigenvalue weighted by molar-refractivity contribution is 5.74. The fourth-order valence-electron chi connectivity index (χ4n) is 3.67. The molecule has 3 aromatic heterocycles. The summed E-state index contributed by atoms with van der Waals surface area (Å²) >= 11 is 0. The molecule has 0 saturated carbocycles. The fourth-order valence-corrected chi connectivity index (χ4v) is 3.67. The van der Waals surface area contributed by atoms with Gasteiger partial charge in [0.2, 0.25) is 5.95 Å². The summed E-state index contributed by atoms with van der Waals surface area (Å²) in [4.78, 5) is 15.1. The Morgan fingerprint density at radius 2 is 2.07 bits per heavy atom. The van der Waals surface area contributed by atoms with E-state index in [1.54, 1.807) is 6.20 Å². The largest absolute Gasteiger partial charge is 0.460 e. The molecule has 7 nitrogen and oxygen atoms in total. The minimum atomic E-state index is 0.323. The lowest BCUT2D eigenvalue weighted by Crippen LogP contribution is -2.36. The average molecular weight is 360 g/mol. The van der Waals surface area contributed by atoms with Crippen molar-refractivity contribution in [3.63, 3.8) is 0 Å². The van der Waals surface area contributed by atoms with Crippen molar-refractivity contribution in [2.45, 2.75) is 25.7 Å². The van der Waals surface area contributed by atoms with Crippen molar-refractivity contribution in [2.75, 3.05) is 18.0 Å². The van der Waals surface area contributed by atoms with Gasteiger partial charge >= 0.3 is 0 Å². The third-order valence-corrected chi connectivity index (χ3v) is 5.04. The minimum absolute atomic E-state index is 0.323. The second-order valence-electron chi connectivity index (χ2n) is 6.98. The van der Waals surface area contributed by atoms with Gasteiger partial charge in [0.05, 0.1) is 17.2 Å². The summed E-state index contributed by atoms with van der Waals surface area (Å²) < 4.78 is 5.67. The number of furan rings is 1. The van der Waals surface area contributed by atoms with Crippen molar-refractivity contribution in [3.8, 4) is 11.5 Å². The predicted octanol–water partition coefficient (Wildman–Crippen LogP) is 3.70. The van der Waals surface area contributed by atoms with Crippen LogP contribution in [-0.4, -0.2) is 38.2 Å². The highest BCUT2D eigenvalue weighted by atomic mass is 16.3. The number of rotatable bonds is 3. The van der Waals surface area contributed by atoms with Crippen molar-refractivity contribution in [2.24, 2.45) is 0 Å². The lowest BCUT2D eigenvalue weighted by atomic mass is 9.98. The van der Waals surface area contributed by atoms with Crippen LogP contribution in [0.3, 0.4) is 0 Å². The maximum atomic E-state index is 5.67. The number of piperidine rings is 1. The predicted molar refractivity (Wildman–Crippen MR) is 103 cm³/mol. The fraction of sp³-hybridized carbons (Fsp3) is 0.300. The molecule has 1 aromatic carbocycles. The van der Waals surface area contributed by atoms with Crippen LogP contribution in [-0.2, 0) is 0 Å². The molecular weight excluding hydrogens is 340 g/mol. The lowest BCUT2D eigenvalue weighted by molar-refractivity contribution is 0.487. The number of aromatic amines is 1. The molecule has 1 N–H and O–H groups in total. The van der Waals surface area contributed by atoms with E-state index in [9.17, 15) is 0 Å². The van der Waals surface area contributed by atoms with Gasteiger partial charge in [0.25, 0.3) is 0 Å². The van der Waals surface area contributed by atoms with Gasteiger partial charge in [-0.05, 0) is 44.0 Å². The molecule has 1 aliphatic rings. The van der Waals surface area contributed by atoms with E-state index in [4.69, 9.17) is 9.40 Å². The minimum Gasteiger partial charge on any atom is -0.460 e. The number of aromatic nitrogens is 5. The summed E-state index contributed by atoms with van der Waals surface area (Å²) in [6.07, 6.45) is 3.80. The van der Waals surface area contributed by atoms with E-state index in [-0.39, 0.29) is 0 Å². The molecule has 0 radical (unpaired) electrons. The Hall–Kier alpha value is -3.22. The van der Waals surface area contributed by atoms with Crippen LogP contribution in [0.25, 0.3) is 22.5 Å². The highest BCUT2D eigenvalue weighted by Crippen LogP contribution is 2.29. The number of imidazole rings is 1. The van der Waals surface area contributed by atoms with Crippen molar-refractivity contribution in [1.29, 1.82) is 0 Å². The first-order valence-corrected chi connectivity index (χ1v) is 9.22. The van der Waals surface area contributed by atoms with E-state index in [2.05, 4.69) is 31.1 Å². The zero-order valence-electron chi connectivity index (χ0n) is 15.1. The summed E-state index contributed by atoms with van der Waals surface area (Å²) in [6.45, 7) is 3.66. The second-order valence-corrected chi connectivity index (χ2v) is 6.98. The number of fused-ring (bicyclic) bond motifs is 1. The standard InChI is InChI=1S/C20H20N6O/c1-13-8-9-18(27-13)17-11-21-25-20(24-17)26-10-4-5-14(12-26)19-22-15-6-2-3-7-16(15)23-19/h2-3,6-9,11,14H,4-5,10,12H2,1H3,(H,22,23)/t14-/m0/s1. The second kappa shape index (κ2) is 6.50. The molecule has 1 aliphatic heterocycles. The van der Waals surface area contributed by atoms with Gasteiger partial charge in [0.1, 0.15) is 17.3 Å². The Morgan fingerprint density at radius 1 is 1.15 bits per heavy atom. The summed E-state index contributed by atoms with van der Waals surface area (Å²) in [6, 6.07) is 12.0. The Morgan fingerprint density at radius 3 is 2.93 bits per heavy atom. The van der Waals surface area contributed by atoms with Gasteiger partial charge < -0.3 is 14.3 Å². The highest BCUT2D eigenvalue weighted by Gasteiger charge is 2.26. The van der Waals surface area contributed by atoms with Crippen LogP contribution >= 0.6 is 0 Å². The quantitative estimate of drug-likeness (QED) is 0.600. The molecule has 0 unspecified atom stereocenters. The number of para-hydroxylation sites is 2. The Bertz CT molecular complexity index is 1050. The van der Waals surface area contributed by atoms with E-state index >= 15 is 0 Å². The molecule has 136 valence electrons. The molecular formula is C20H20N6O. The van der Waals surface area contributed by atoms with Gasteiger partial charge in [-0.25, -0.2) is 9.97 Å². The van der Waals surface area contributed by atoms with Gasteiger partial charge in [-0.2, -0.15) is 5.10 Å². The molecule has 1 saturated heterocycles. The normalized spacial score (nSPS) is 17.5. The molecule has 0 bridgehead atoms. The van der Waals surface area contributed by atoms with Crippen molar-refractivity contribution in [3.05, 3.63) is 54.2 Å². The van der Waals surface area contributed by atoms with Crippen LogP contribution in [0, 0.1) is 6.92 Å². The monoisotopic (exact) mass is 360 g/mol. The maximum absolute atomic E-state index is 5.67. The lowest BCUT2D eigenvalue weighted by Gasteiger charge is -2.31. The van der Waals surface area contributed by atoms with Gasteiger partial charge in [-0.15, -0.1) is 5.10 Å². The number of nitrogens with zero attached hydrogens (tertiary/aromatic N) is 5. The summed E-state index contributed by atoms with van der Waals surface area (Å²) in [5.41, 5.74) is 2.80. The van der Waals surface area contributed by atoms with Crippen LogP contribution in [0.5, 0.6) is 0 Å². The molecule has 27 heavy (non-hydrogen) atoms. The number of hydrogen-bond donors (Lipinski definition) is 1. The summed E-state index contributed by atoms with van der Waals surface area (Å²) in [5.74, 6) is 3.57. The zero-order valence-corrected chi connectivity index (χ0v) is 15.1. The van der Waals surface area contributed by atoms with Crippen LogP contribution in [0.2, 0.25) is 0 Å².